The summed E-state index contributed by atoms with van der Waals surface area (Å²) >= 11 is 0. The van der Waals surface area contributed by atoms with Crippen molar-refractivity contribution in [1.29, 1.82) is 0 Å². The molecule has 7 nitrogen and oxygen atoms in total. The molecule has 1 aromatic heterocycles. The number of aryl methyl sites for hydroxylation is 1. The van der Waals surface area contributed by atoms with Crippen LogP contribution < -0.4 is 15.0 Å². The number of benzene rings is 1. The van der Waals surface area contributed by atoms with E-state index in [1.54, 1.807) is 0 Å². The highest BCUT2D eigenvalue weighted by atomic mass is 19.4. The molecule has 228 valence electrons. The average molecular weight is 587 g/mol. The number of fused-ring (bicyclic) bond motifs is 1. The number of anilines is 1. The van der Waals surface area contributed by atoms with Crippen LogP contribution in [0.5, 0.6) is 5.75 Å². The summed E-state index contributed by atoms with van der Waals surface area (Å²) < 4.78 is 44.6. The zero-order valence-corrected chi connectivity index (χ0v) is 24.1. The number of rotatable bonds is 2. The van der Waals surface area contributed by atoms with Crippen LogP contribution >= 0.6 is 0 Å². The van der Waals surface area contributed by atoms with Crippen molar-refractivity contribution in [2.75, 3.05) is 44.2 Å². The van der Waals surface area contributed by atoms with Crippen molar-refractivity contribution in [3.05, 3.63) is 53.7 Å². The van der Waals surface area contributed by atoms with E-state index in [1.807, 2.05) is 28.0 Å². The number of hydrogen-bond donors (Lipinski definition) is 1. The van der Waals surface area contributed by atoms with Crippen LogP contribution in [0.1, 0.15) is 68.9 Å². The van der Waals surface area contributed by atoms with Crippen molar-refractivity contribution in [3.63, 3.8) is 0 Å². The first-order chi connectivity index (χ1) is 20.2. The largest absolute Gasteiger partial charge is 0.493 e. The number of para-hydroxylation sites is 1. The summed E-state index contributed by atoms with van der Waals surface area (Å²) in [7, 11) is 0. The summed E-state index contributed by atoms with van der Waals surface area (Å²) in [5.41, 5.74) is 0.448. The normalized spacial score (nSPS) is 21.2. The first-order valence-electron chi connectivity index (χ1n) is 15.3. The Kier molecular flexibility index (Phi) is 9.58. The highest BCUT2D eigenvalue weighted by Gasteiger charge is 2.38. The van der Waals surface area contributed by atoms with Crippen LogP contribution in [0.25, 0.3) is 0 Å². The lowest BCUT2D eigenvalue weighted by Crippen LogP contribution is -2.50. The molecule has 5 rings (SSSR count). The highest BCUT2D eigenvalue weighted by Crippen LogP contribution is 2.38. The Hall–Kier alpha value is -3.30. The zero-order valence-electron chi connectivity index (χ0n) is 24.1. The molecule has 10 heteroatoms. The van der Waals surface area contributed by atoms with Gasteiger partial charge in [-0.3, -0.25) is 9.59 Å². The minimum atomic E-state index is -4.41. The molecule has 3 aliphatic heterocycles. The number of amides is 2. The van der Waals surface area contributed by atoms with Crippen molar-refractivity contribution >= 4 is 17.6 Å². The molecule has 4 heterocycles. The third-order valence-corrected chi connectivity index (χ3v) is 9.22. The number of halogens is 3. The second kappa shape index (κ2) is 13.3. The molecule has 2 aromatic rings. The smallest absolute Gasteiger partial charge is 0.417 e. The second-order valence-electron chi connectivity index (χ2n) is 12.0. The first kappa shape index (κ1) is 30.2. The van der Waals surface area contributed by atoms with E-state index in [4.69, 9.17) is 4.74 Å². The monoisotopic (exact) mass is 586 g/mol. The summed E-state index contributed by atoms with van der Waals surface area (Å²) in [5.74, 6) is 1.57. The Labute approximate surface area is 245 Å². The van der Waals surface area contributed by atoms with Crippen molar-refractivity contribution in [1.82, 2.24) is 15.2 Å². The van der Waals surface area contributed by atoms with Crippen LogP contribution in [0.15, 0.2) is 42.6 Å². The number of carbonyl (C=O) groups is 2. The van der Waals surface area contributed by atoms with E-state index in [0.29, 0.717) is 70.8 Å². The number of hydrogen-bond acceptors (Lipinski definition) is 5. The molecule has 0 saturated carbocycles. The van der Waals surface area contributed by atoms with Gasteiger partial charge in [0, 0.05) is 51.3 Å². The van der Waals surface area contributed by atoms with Gasteiger partial charge in [-0.15, -0.1) is 0 Å². The summed E-state index contributed by atoms with van der Waals surface area (Å²) in [4.78, 5) is 34.0. The van der Waals surface area contributed by atoms with Crippen LogP contribution in [0.4, 0.5) is 19.0 Å². The van der Waals surface area contributed by atoms with Gasteiger partial charge in [0.05, 0.1) is 12.2 Å². The van der Waals surface area contributed by atoms with Gasteiger partial charge in [-0.1, -0.05) is 24.6 Å². The summed E-state index contributed by atoms with van der Waals surface area (Å²) in [5, 5.41) is 3.18. The SMILES string of the molecule is O=C1CCCOc2ccccc2CCCCC2(CCN(C(=O)C3CCN(c4ccc(C(F)(F)F)cn4)CC3)CC2)CN1. The fraction of sp³-hybridized carbons (Fsp3) is 0.594. The van der Waals surface area contributed by atoms with Gasteiger partial charge in [0.25, 0.3) is 0 Å². The third kappa shape index (κ3) is 7.55. The molecule has 0 radical (unpaired) electrons. The number of piperidine rings is 2. The second-order valence-corrected chi connectivity index (χ2v) is 12.0. The van der Waals surface area contributed by atoms with Gasteiger partial charge in [-0.25, -0.2) is 4.98 Å². The Bertz CT molecular complexity index is 1200. The van der Waals surface area contributed by atoms with Crippen LogP contribution in [0.3, 0.4) is 0 Å². The van der Waals surface area contributed by atoms with E-state index in [2.05, 4.69) is 16.4 Å². The zero-order chi connectivity index (χ0) is 29.6. The Morgan fingerprint density at radius 2 is 1.71 bits per heavy atom. The third-order valence-electron chi connectivity index (χ3n) is 9.22. The van der Waals surface area contributed by atoms with Gasteiger partial charge in [0.15, 0.2) is 0 Å². The van der Waals surface area contributed by atoms with Gasteiger partial charge in [-0.2, -0.15) is 13.2 Å². The minimum absolute atomic E-state index is 0.00974. The van der Waals surface area contributed by atoms with Crippen LogP contribution in [-0.4, -0.2) is 61.0 Å². The van der Waals surface area contributed by atoms with Gasteiger partial charge in [-0.05, 0) is 80.5 Å². The molecule has 42 heavy (non-hydrogen) atoms. The predicted octanol–water partition coefficient (Wildman–Crippen LogP) is 5.63. The Morgan fingerprint density at radius 1 is 0.952 bits per heavy atom. The quantitative estimate of drug-likeness (QED) is 0.494. The lowest BCUT2D eigenvalue weighted by molar-refractivity contribution is -0.139. The molecule has 2 fully saturated rings. The van der Waals surface area contributed by atoms with Crippen molar-refractivity contribution in [2.24, 2.45) is 11.3 Å². The Morgan fingerprint density at radius 3 is 2.43 bits per heavy atom. The summed E-state index contributed by atoms with van der Waals surface area (Å²) in [6, 6.07) is 10.6. The summed E-state index contributed by atoms with van der Waals surface area (Å²) in [6.45, 7) is 3.72. The van der Waals surface area contributed by atoms with Gasteiger partial charge >= 0.3 is 6.18 Å². The molecule has 1 aromatic carbocycles. The number of ether oxygens (including phenoxy) is 1. The number of likely N-dealkylation sites (tertiary alicyclic amines) is 1. The van der Waals surface area contributed by atoms with Crippen LogP contribution in [-0.2, 0) is 22.2 Å². The molecule has 0 bridgehead atoms. The molecular weight excluding hydrogens is 545 g/mol. The molecule has 0 unspecified atom stereocenters. The highest BCUT2D eigenvalue weighted by molar-refractivity contribution is 5.79. The van der Waals surface area contributed by atoms with E-state index < -0.39 is 11.7 Å². The summed E-state index contributed by atoms with van der Waals surface area (Å²) in [6.07, 6.45) is 4.69. The number of nitrogens with zero attached hydrogens (tertiary/aromatic N) is 3. The maximum Gasteiger partial charge on any atom is 0.417 e. The maximum absolute atomic E-state index is 13.5. The number of pyridine rings is 1. The standard InChI is InChI=1S/C32H41F3N4O3/c33-32(34,35)26-10-11-28(36-22-26)38-17-12-25(13-18-38)30(41)39-19-15-31(16-20-39)14-4-3-7-24-6-1-2-8-27(24)42-21-5-9-29(40)37-23-31/h1-2,6,8,10-11,22,25H,3-5,7,9,12-21,23H2,(H,37,40). The van der Waals surface area contributed by atoms with E-state index in [-0.39, 0.29) is 23.1 Å². The van der Waals surface area contributed by atoms with E-state index in [1.165, 1.54) is 11.6 Å². The Balaban J connectivity index is 1.14. The predicted molar refractivity (Wildman–Crippen MR) is 154 cm³/mol. The lowest BCUT2D eigenvalue weighted by atomic mass is 9.74. The van der Waals surface area contributed by atoms with E-state index in [9.17, 15) is 22.8 Å². The van der Waals surface area contributed by atoms with Crippen molar-refractivity contribution in [2.45, 2.75) is 70.4 Å². The number of alkyl halides is 3. The van der Waals surface area contributed by atoms with Gasteiger partial charge in [0.2, 0.25) is 11.8 Å². The fourth-order valence-corrected chi connectivity index (χ4v) is 6.53. The maximum atomic E-state index is 13.5. The fourth-order valence-electron chi connectivity index (χ4n) is 6.53. The van der Waals surface area contributed by atoms with Crippen molar-refractivity contribution in [3.8, 4) is 5.75 Å². The molecule has 1 spiro atoms. The number of carbonyl (C=O) groups excluding carboxylic acids is 2. The first-order valence-corrected chi connectivity index (χ1v) is 15.3. The molecule has 1 N–H and O–H groups in total. The number of nitrogens with one attached hydrogen (secondary N) is 1. The van der Waals surface area contributed by atoms with Gasteiger partial charge < -0.3 is 19.9 Å². The molecule has 0 aliphatic carbocycles. The average Bonchev–Trinajstić information content (AvgIpc) is 3.00. The van der Waals surface area contributed by atoms with E-state index >= 15 is 0 Å². The number of aromatic nitrogens is 1. The van der Waals surface area contributed by atoms with Crippen LogP contribution in [0, 0.1) is 11.3 Å². The molecule has 0 atom stereocenters. The molecule has 2 amide bonds. The lowest BCUT2D eigenvalue weighted by Gasteiger charge is -2.44. The van der Waals surface area contributed by atoms with Gasteiger partial charge in [0.1, 0.15) is 11.6 Å². The topological polar surface area (TPSA) is 74.8 Å². The molecule has 3 aliphatic rings. The van der Waals surface area contributed by atoms with Crippen LogP contribution in [0.2, 0.25) is 0 Å². The molecular formula is C32H41F3N4O3. The minimum Gasteiger partial charge on any atom is -0.493 e. The molecule has 2 saturated heterocycles. The van der Waals surface area contributed by atoms with E-state index in [0.717, 1.165) is 56.5 Å². The van der Waals surface area contributed by atoms with Crippen molar-refractivity contribution < 1.29 is 27.5 Å².